The number of pyridine rings is 1. The maximum Gasteiger partial charge on any atom is 0.256 e. The number of fused-ring (bicyclic) bond motifs is 1. The fraction of sp³-hybridized carbons (Fsp3) is 0.548. The molecule has 1 amide bonds. The second kappa shape index (κ2) is 11.5. The van der Waals surface area contributed by atoms with E-state index in [0.29, 0.717) is 17.2 Å². The van der Waals surface area contributed by atoms with Gasteiger partial charge in [0.25, 0.3) is 5.91 Å². The van der Waals surface area contributed by atoms with Crippen molar-refractivity contribution in [3.8, 4) is 5.69 Å². The molecular weight excluding hydrogens is 477 g/mol. The van der Waals surface area contributed by atoms with E-state index >= 15 is 0 Å². The zero-order valence-electron chi connectivity index (χ0n) is 23.3. The number of hydrogen-bond acceptors (Lipinski definition) is 4. The van der Waals surface area contributed by atoms with E-state index in [1.807, 2.05) is 26.2 Å². The molecule has 4 heterocycles. The van der Waals surface area contributed by atoms with Gasteiger partial charge in [0.1, 0.15) is 5.82 Å². The highest BCUT2D eigenvalue weighted by molar-refractivity contribution is 5.99. The lowest BCUT2D eigenvalue weighted by Gasteiger charge is -2.27. The number of nitrogens with one attached hydrogen (secondary N) is 1. The van der Waals surface area contributed by atoms with Crippen molar-refractivity contribution in [2.24, 2.45) is 11.8 Å². The standard InChI is InChI=1S/C31H42FN5O/c1-5-24-16-34-17-29-30(24)25(14-23-10-13-36(19-23)18-22-8-11-33-12-9-22)20-37(29)28-7-6-26(32)15-27(28)31(38)35(4)21(2)3/h6-7,15-17,20-23,33H,5,8-14,18-19H2,1-4H3/t23-/m1/s1. The lowest BCUT2D eigenvalue weighted by molar-refractivity contribution is 0.0754. The molecule has 2 aliphatic heterocycles. The van der Waals surface area contributed by atoms with Gasteiger partial charge in [0.2, 0.25) is 0 Å². The first kappa shape index (κ1) is 26.8. The zero-order chi connectivity index (χ0) is 26.8. The van der Waals surface area contributed by atoms with E-state index < -0.39 is 5.82 Å². The van der Waals surface area contributed by atoms with Crippen LogP contribution in [0.15, 0.2) is 36.8 Å². The van der Waals surface area contributed by atoms with E-state index in [9.17, 15) is 9.18 Å². The highest BCUT2D eigenvalue weighted by atomic mass is 19.1. The number of carbonyl (C=O) groups excluding carboxylic acids is 1. The first-order valence-electron chi connectivity index (χ1n) is 14.3. The molecule has 3 aromatic rings. The topological polar surface area (TPSA) is 53.4 Å². The third-order valence-corrected chi connectivity index (χ3v) is 8.65. The molecule has 0 bridgehead atoms. The predicted molar refractivity (Wildman–Crippen MR) is 151 cm³/mol. The summed E-state index contributed by atoms with van der Waals surface area (Å²) in [6, 6.07) is 4.56. The summed E-state index contributed by atoms with van der Waals surface area (Å²) in [5, 5.41) is 4.72. The van der Waals surface area contributed by atoms with Crippen LogP contribution in [0.5, 0.6) is 0 Å². The lowest BCUT2D eigenvalue weighted by Crippen LogP contribution is -2.35. The molecule has 2 aliphatic rings. The van der Waals surface area contributed by atoms with Gasteiger partial charge in [-0.25, -0.2) is 4.39 Å². The van der Waals surface area contributed by atoms with Crippen LogP contribution < -0.4 is 5.32 Å². The molecule has 2 fully saturated rings. The minimum Gasteiger partial charge on any atom is -0.339 e. The fourth-order valence-corrected chi connectivity index (χ4v) is 6.26. The molecule has 1 N–H and O–H groups in total. The Hall–Kier alpha value is -2.77. The molecule has 7 heteroatoms. The average Bonchev–Trinajstić information content (AvgIpc) is 3.52. The van der Waals surface area contributed by atoms with Crippen molar-refractivity contribution in [3.63, 3.8) is 0 Å². The van der Waals surface area contributed by atoms with E-state index in [4.69, 9.17) is 0 Å². The van der Waals surface area contributed by atoms with E-state index in [-0.39, 0.29) is 11.9 Å². The van der Waals surface area contributed by atoms with E-state index in [1.54, 1.807) is 18.0 Å². The molecule has 6 nitrogen and oxygen atoms in total. The summed E-state index contributed by atoms with van der Waals surface area (Å²) < 4.78 is 16.5. The lowest BCUT2D eigenvalue weighted by atomic mass is 9.96. The van der Waals surface area contributed by atoms with Crippen molar-refractivity contribution in [2.75, 3.05) is 39.8 Å². The van der Waals surface area contributed by atoms with Gasteiger partial charge in [0, 0.05) is 44.0 Å². The minimum absolute atomic E-state index is 0.0131. The molecule has 0 radical (unpaired) electrons. The number of nitrogens with zero attached hydrogens (tertiary/aromatic N) is 4. The molecule has 0 aliphatic carbocycles. The molecule has 1 aromatic carbocycles. The summed E-state index contributed by atoms with van der Waals surface area (Å²) in [4.78, 5) is 22.3. The van der Waals surface area contributed by atoms with Crippen molar-refractivity contribution >= 4 is 16.8 Å². The van der Waals surface area contributed by atoms with Gasteiger partial charge in [-0.2, -0.15) is 0 Å². The number of rotatable bonds is 8. The van der Waals surface area contributed by atoms with Crippen LogP contribution in [0, 0.1) is 17.7 Å². The second-order valence-corrected chi connectivity index (χ2v) is 11.6. The van der Waals surface area contributed by atoms with Gasteiger partial charge < -0.3 is 19.7 Å². The summed E-state index contributed by atoms with van der Waals surface area (Å²) in [6.07, 6.45) is 11.7. The van der Waals surface area contributed by atoms with Crippen LogP contribution in [0.25, 0.3) is 16.6 Å². The van der Waals surface area contributed by atoms with Gasteiger partial charge in [0.05, 0.1) is 23.0 Å². The molecule has 204 valence electrons. The van der Waals surface area contributed by atoms with Crippen molar-refractivity contribution < 1.29 is 9.18 Å². The van der Waals surface area contributed by atoms with Crippen LogP contribution in [0.1, 0.15) is 61.5 Å². The number of amides is 1. The normalized spacial score (nSPS) is 19.1. The van der Waals surface area contributed by atoms with Crippen molar-refractivity contribution in [1.29, 1.82) is 0 Å². The summed E-state index contributed by atoms with van der Waals surface area (Å²) >= 11 is 0. The van der Waals surface area contributed by atoms with Crippen LogP contribution in [-0.4, -0.2) is 71.1 Å². The summed E-state index contributed by atoms with van der Waals surface area (Å²) in [7, 11) is 1.77. The van der Waals surface area contributed by atoms with Crippen molar-refractivity contribution in [2.45, 2.75) is 58.9 Å². The van der Waals surface area contributed by atoms with Gasteiger partial charge >= 0.3 is 0 Å². The van der Waals surface area contributed by atoms with Crippen LogP contribution in [0.3, 0.4) is 0 Å². The second-order valence-electron chi connectivity index (χ2n) is 11.6. The Balaban J connectivity index is 1.47. The number of hydrogen-bond donors (Lipinski definition) is 1. The first-order valence-corrected chi connectivity index (χ1v) is 14.3. The van der Waals surface area contributed by atoms with Gasteiger partial charge in [-0.3, -0.25) is 9.78 Å². The van der Waals surface area contributed by atoms with Crippen molar-refractivity contribution in [3.05, 3.63) is 59.3 Å². The van der Waals surface area contributed by atoms with Gasteiger partial charge in [-0.15, -0.1) is 0 Å². The fourth-order valence-electron chi connectivity index (χ4n) is 6.26. The quantitative estimate of drug-likeness (QED) is 0.452. The van der Waals surface area contributed by atoms with Crippen LogP contribution in [0.4, 0.5) is 4.39 Å². The molecule has 5 rings (SSSR count). The van der Waals surface area contributed by atoms with Crippen LogP contribution in [-0.2, 0) is 12.8 Å². The Bertz CT molecular complexity index is 1280. The van der Waals surface area contributed by atoms with E-state index in [0.717, 1.165) is 43.9 Å². The Morgan fingerprint density at radius 1 is 1.16 bits per heavy atom. The first-order chi connectivity index (χ1) is 18.4. The summed E-state index contributed by atoms with van der Waals surface area (Å²) in [5.74, 6) is 0.836. The highest BCUT2D eigenvalue weighted by Gasteiger charge is 2.28. The zero-order valence-corrected chi connectivity index (χ0v) is 23.3. The Labute approximate surface area is 226 Å². The van der Waals surface area contributed by atoms with E-state index in [2.05, 4.69) is 32.9 Å². The van der Waals surface area contributed by atoms with Gasteiger partial charge in [-0.05, 0) is 107 Å². The number of aromatic nitrogens is 2. The molecule has 0 spiro atoms. The van der Waals surface area contributed by atoms with Gasteiger partial charge in [0.15, 0.2) is 0 Å². The molecule has 0 saturated carbocycles. The van der Waals surface area contributed by atoms with E-state index in [1.165, 1.54) is 61.0 Å². The maximum absolute atomic E-state index is 14.4. The van der Waals surface area contributed by atoms with Crippen molar-refractivity contribution in [1.82, 2.24) is 24.7 Å². The SMILES string of the molecule is CCc1cncc2c1c(C[C@H]1CCN(CC3CCNCC3)C1)cn2-c1ccc(F)cc1C(=O)N(C)C(C)C. The third-order valence-electron chi connectivity index (χ3n) is 8.65. The average molecular weight is 520 g/mol. The molecule has 0 unspecified atom stereocenters. The molecular formula is C31H42FN5O. The summed E-state index contributed by atoms with van der Waals surface area (Å²) in [6.45, 7) is 11.9. The van der Waals surface area contributed by atoms with Crippen LogP contribution >= 0.6 is 0 Å². The Morgan fingerprint density at radius 3 is 2.68 bits per heavy atom. The number of piperidine rings is 1. The number of aryl methyl sites for hydroxylation is 1. The Morgan fingerprint density at radius 2 is 1.95 bits per heavy atom. The largest absolute Gasteiger partial charge is 0.339 e. The molecule has 1 atom stereocenters. The van der Waals surface area contributed by atoms with Gasteiger partial charge in [-0.1, -0.05) is 6.92 Å². The monoisotopic (exact) mass is 519 g/mol. The molecule has 2 aromatic heterocycles. The number of halogens is 1. The maximum atomic E-state index is 14.4. The number of carbonyl (C=O) groups is 1. The highest BCUT2D eigenvalue weighted by Crippen LogP contribution is 2.33. The number of benzene rings is 1. The minimum atomic E-state index is -0.405. The number of likely N-dealkylation sites (tertiary alicyclic amines) is 1. The molecule has 2 saturated heterocycles. The summed E-state index contributed by atoms with van der Waals surface area (Å²) in [5.41, 5.74) is 4.58. The Kier molecular flexibility index (Phi) is 8.15. The van der Waals surface area contributed by atoms with Crippen LogP contribution in [0.2, 0.25) is 0 Å². The predicted octanol–water partition coefficient (Wildman–Crippen LogP) is 5.07. The third kappa shape index (κ3) is 5.50. The molecule has 38 heavy (non-hydrogen) atoms. The smallest absolute Gasteiger partial charge is 0.256 e.